The maximum absolute atomic E-state index is 9.23. The summed E-state index contributed by atoms with van der Waals surface area (Å²) in [5, 5.41) is 12.9. The summed E-state index contributed by atoms with van der Waals surface area (Å²) in [4.78, 5) is 0. The maximum Gasteiger partial charge on any atom is 0.115 e. The van der Waals surface area contributed by atoms with Gasteiger partial charge in [0.25, 0.3) is 0 Å². The molecular weight excluding hydrogens is 222 g/mol. The minimum atomic E-state index is 0.298. The van der Waals surface area contributed by atoms with Gasteiger partial charge in [0.1, 0.15) is 5.75 Å². The fourth-order valence-electron chi connectivity index (χ4n) is 1.81. The van der Waals surface area contributed by atoms with E-state index in [1.807, 2.05) is 12.1 Å². The van der Waals surface area contributed by atoms with E-state index in [4.69, 9.17) is 0 Å². The number of phenols is 1. The summed E-state index contributed by atoms with van der Waals surface area (Å²) in [5.74, 6) is 0.339. The number of hydrogen-bond acceptors (Lipinski definition) is 2. The monoisotopic (exact) mass is 249 g/mol. The first-order valence-corrected chi connectivity index (χ1v) is 6.83. The third-order valence-electron chi connectivity index (χ3n) is 3.64. The van der Waals surface area contributed by atoms with Crippen LogP contribution in [0.3, 0.4) is 0 Å². The molecule has 1 aromatic carbocycles. The van der Waals surface area contributed by atoms with E-state index in [0.29, 0.717) is 23.2 Å². The Hall–Kier alpha value is -1.02. The molecule has 2 unspecified atom stereocenters. The summed E-state index contributed by atoms with van der Waals surface area (Å²) >= 11 is 0. The average molecular weight is 249 g/mol. The van der Waals surface area contributed by atoms with Crippen molar-refractivity contribution in [2.75, 3.05) is 0 Å². The maximum atomic E-state index is 9.23. The van der Waals surface area contributed by atoms with Crippen molar-refractivity contribution in [2.45, 2.75) is 59.5 Å². The van der Waals surface area contributed by atoms with Gasteiger partial charge in [-0.1, -0.05) is 32.9 Å². The van der Waals surface area contributed by atoms with E-state index in [1.165, 1.54) is 5.56 Å². The summed E-state index contributed by atoms with van der Waals surface area (Å²) in [6, 6.07) is 8.52. The van der Waals surface area contributed by atoms with Crippen molar-refractivity contribution >= 4 is 0 Å². The third-order valence-corrected chi connectivity index (χ3v) is 3.64. The predicted octanol–water partition coefficient (Wildman–Crippen LogP) is 3.74. The molecule has 0 amide bonds. The number of benzene rings is 1. The smallest absolute Gasteiger partial charge is 0.115 e. The van der Waals surface area contributed by atoms with E-state index in [1.54, 1.807) is 12.1 Å². The number of aryl methyl sites for hydroxylation is 1. The molecule has 1 aromatic rings. The van der Waals surface area contributed by atoms with Crippen molar-refractivity contribution in [1.82, 2.24) is 5.32 Å². The van der Waals surface area contributed by atoms with Crippen molar-refractivity contribution in [3.8, 4) is 5.75 Å². The van der Waals surface area contributed by atoms with Crippen molar-refractivity contribution in [3.63, 3.8) is 0 Å². The highest BCUT2D eigenvalue weighted by Crippen LogP contribution is 2.19. The molecule has 0 aliphatic heterocycles. The molecule has 0 bridgehead atoms. The summed E-state index contributed by atoms with van der Waals surface area (Å²) in [7, 11) is 0. The van der Waals surface area contributed by atoms with E-state index in [2.05, 4.69) is 39.9 Å². The van der Waals surface area contributed by atoms with Crippen molar-refractivity contribution in [2.24, 2.45) is 5.41 Å². The molecule has 2 heteroatoms. The molecule has 1 rings (SSSR count). The van der Waals surface area contributed by atoms with Gasteiger partial charge in [-0.25, -0.2) is 0 Å². The Kier molecular flexibility index (Phi) is 5.21. The zero-order chi connectivity index (χ0) is 13.8. The van der Waals surface area contributed by atoms with Crippen LogP contribution in [0.25, 0.3) is 0 Å². The number of aromatic hydroxyl groups is 1. The second kappa shape index (κ2) is 6.24. The summed E-state index contributed by atoms with van der Waals surface area (Å²) < 4.78 is 0. The number of phenolic OH excluding ortho intramolecular Hbond substituents is 1. The first-order valence-electron chi connectivity index (χ1n) is 6.83. The topological polar surface area (TPSA) is 32.3 Å². The first kappa shape index (κ1) is 15.0. The molecule has 0 saturated heterocycles. The largest absolute Gasteiger partial charge is 0.508 e. The average Bonchev–Trinajstić information content (AvgIpc) is 2.27. The molecule has 0 aromatic heterocycles. The first-order chi connectivity index (χ1) is 8.29. The second-order valence-corrected chi connectivity index (χ2v) is 6.36. The molecule has 0 heterocycles. The van der Waals surface area contributed by atoms with Gasteiger partial charge in [-0.3, -0.25) is 0 Å². The molecule has 18 heavy (non-hydrogen) atoms. The summed E-state index contributed by atoms with van der Waals surface area (Å²) in [6.07, 6.45) is 2.16. The van der Waals surface area contributed by atoms with Gasteiger partial charge in [-0.15, -0.1) is 0 Å². The van der Waals surface area contributed by atoms with Crippen LogP contribution in [0.1, 0.15) is 46.6 Å². The molecule has 2 atom stereocenters. The Morgan fingerprint density at radius 2 is 1.67 bits per heavy atom. The van der Waals surface area contributed by atoms with Gasteiger partial charge in [0.15, 0.2) is 0 Å². The zero-order valence-corrected chi connectivity index (χ0v) is 12.3. The van der Waals surface area contributed by atoms with Crippen molar-refractivity contribution in [1.29, 1.82) is 0 Å². The highest BCUT2D eigenvalue weighted by molar-refractivity contribution is 5.25. The molecule has 0 radical (unpaired) electrons. The Morgan fingerprint density at radius 3 is 2.17 bits per heavy atom. The molecule has 0 fully saturated rings. The molecule has 2 nitrogen and oxygen atoms in total. The van der Waals surface area contributed by atoms with Gasteiger partial charge in [0, 0.05) is 12.1 Å². The van der Waals surface area contributed by atoms with Crippen LogP contribution in [-0.4, -0.2) is 17.2 Å². The van der Waals surface area contributed by atoms with Gasteiger partial charge < -0.3 is 10.4 Å². The lowest BCUT2D eigenvalue weighted by Gasteiger charge is -2.31. The van der Waals surface area contributed by atoms with Crippen LogP contribution in [-0.2, 0) is 6.42 Å². The van der Waals surface area contributed by atoms with Crippen LogP contribution in [0.15, 0.2) is 24.3 Å². The lowest BCUT2D eigenvalue weighted by Crippen LogP contribution is -2.42. The standard InChI is InChI=1S/C16H27NO/c1-12(17-13(2)16(3,4)5)6-7-14-8-10-15(18)11-9-14/h8-13,17-18H,6-7H2,1-5H3. The Bertz CT molecular complexity index is 350. The van der Waals surface area contributed by atoms with E-state index < -0.39 is 0 Å². The Labute approximate surface area is 111 Å². The van der Waals surface area contributed by atoms with Gasteiger partial charge >= 0.3 is 0 Å². The fourth-order valence-corrected chi connectivity index (χ4v) is 1.81. The molecule has 102 valence electrons. The van der Waals surface area contributed by atoms with Gasteiger partial charge in [-0.2, -0.15) is 0 Å². The van der Waals surface area contributed by atoms with E-state index in [-0.39, 0.29) is 0 Å². The fraction of sp³-hybridized carbons (Fsp3) is 0.625. The highest BCUT2D eigenvalue weighted by Gasteiger charge is 2.20. The van der Waals surface area contributed by atoms with Gasteiger partial charge in [-0.05, 0) is 49.8 Å². The van der Waals surface area contributed by atoms with E-state index >= 15 is 0 Å². The van der Waals surface area contributed by atoms with Crippen LogP contribution < -0.4 is 5.32 Å². The van der Waals surface area contributed by atoms with Crippen LogP contribution in [0.4, 0.5) is 0 Å². The highest BCUT2D eigenvalue weighted by atomic mass is 16.3. The van der Waals surface area contributed by atoms with E-state index in [9.17, 15) is 5.11 Å². The second-order valence-electron chi connectivity index (χ2n) is 6.36. The SMILES string of the molecule is CC(CCc1ccc(O)cc1)NC(C)C(C)(C)C. The molecular formula is C16H27NO. The van der Waals surface area contributed by atoms with Crippen LogP contribution in [0, 0.1) is 5.41 Å². The number of rotatable bonds is 5. The Morgan fingerprint density at radius 1 is 1.11 bits per heavy atom. The molecule has 2 N–H and O–H groups in total. The minimum absolute atomic E-state index is 0.298. The number of nitrogens with one attached hydrogen (secondary N) is 1. The van der Waals surface area contributed by atoms with Gasteiger partial charge in [0.05, 0.1) is 0 Å². The van der Waals surface area contributed by atoms with Crippen LogP contribution in [0.2, 0.25) is 0 Å². The quantitative estimate of drug-likeness (QED) is 0.833. The van der Waals surface area contributed by atoms with Crippen LogP contribution >= 0.6 is 0 Å². The molecule has 0 aliphatic carbocycles. The molecule has 0 aliphatic rings. The molecule has 0 spiro atoms. The van der Waals surface area contributed by atoms with Crippen LogP contribution in [0.5, 0.6) is 5.75 Å². The van der Waals surface area contributed by atoms with Crippen molar-refractivity contribution in [3.05, 3.63) is 29.8 Å². The lowest BCUT2D eigenvalue weighted by atomic mass is 9.87. The minimum Gasteiger partial charge on any atom is -0.508 e. The van der Waals surface area contributed by atoms with E-state index in [0.717, 1.165) is 12.8 Å². The Balaban J connectivity index is 2.37. The van der Waals surface area contributed by atoms with Crippen molar-refractivity contribution < 1.29 is 5.11 Å². The summed E-state index contributed by atoms with van der Waals surface area (Å²) in [6.45, 7) is 11.3. The van der Waals surface area contributed by atoms with Gasteiger partial charge in [0.2, 0.25) is 0 Å². The number of hydrogen-bond donors (Lipinski definition) is 2. The summed E-state index contributed by atoms with van der Waals surface area (Å²) in [5.41, 5.74) is 1.58. The predicted molar refractivity (Wildman–Crippen MR) is 77.9 cm³/mol. The normalized spacial score (nSPS) is 15.4. The lowest BCUT2D eigenvalue weighted by molar-refractivity contribution is 0.263. The zero-order valence-electron chi connectivity index (χ0n) is 12.3. The third kappa shape index (κ3) is 5.09. The molecule has 0 saturated carbocycles.